The van der Waals surface area contributed by atoms with Gasteiger partial charge in [-0.15, -0.1) is 0 Å². The van der Waals surface area contributed by atoms with Gasteiger partial charge in [0.05, 0.1) is 11.9 Å². The van der Waals surface area contributed by atoms with Gasteiger partial charge in [-0.05, 0) is 41.2 Å². The topological polar surface area (TPSA) is 86.8 Å². The lowest BCUT2D eigenvalue weighted by molar-refractivity contribution is -0.140. The van der Waals surface area contributed by atoms with Crippen LogP contribution in [0, 0.1) is 5.82 Å². The van der Waals surface area contributed by atoms with Gasteiger partial charge in [0, 0.05) is 25.1 Å². The van der Waals surface area contributed by atoms with Crippen LogP contribution < -0.4 is 9.62 Å². The molecule has 0 aromatic heterocycles. The SMILES string of the molecule is CCCNC(=O)[C@@H](Cc1ccccc1)N(Cc1ccccc1F)C(=O)CN(c1ccc(C(C)(C)C)cc1)S(C)(=O)=O. The monoisotopic (exact) mass is 581 g/mol. The summed E-state index contributed by atoms with van der Waals surface area (Å²) in [5.41, 5.74) is 2.24. The Morgan fingerprint density at radius 3 is 2.10 bits per heavy atom. The van der Waals surface area contributed by atoms with Crippen molar-refractivity contribution in [2.24, 2.45) is 0 Å². The molecule has 41 heavy (non-hydrogen) atoms. The molecule has 7 nitrogen and oxygen atoms in total. The van der Waals surface area contributed by atoms with Crippen molar-refractivity contribution < 1.29 is 22.4 Å². The number of carbonyl (C=O) groups is 2. The van der Waals surface area contributed by atoms with E-state index in [2.05, 4.69) is 26.1 Å². The van der Waals surface area contributed by atoms with Crippen molar-refractivity contribution in [3.8, 4) is 0 Å². The maximum absolute atomic E-state index is 14.8. The Labute approximate surface area is 243 Å². The number of halogens is 1. The zero-order valence-electron chi connectivity index (χ0n) is 24.4. The fraction of sp³-hybridized carbons (Fsp3) is 0.375. The van der Waals surface area contributed by atoms with Gasteiger partial charge in [0.25, 0.3) is 0 Å². The minimum Gasteiger partial charge on any atom is -0.354 e. The van der Waals surface area contributed by atoms with E-state index in [-0.39, 0.29) is 29.9 Å². The highest BCUT2D eigenvalue weighted by molar-refractivity contribution is 7.92. The molecule has 3 aromatic carbocycles. The van der Waals surface area contributed by atoms with Crippen LogP contribution in [0.1, 0.15) is 50.8 Å². The highest BCUT2D eigenvalue weighted by Gasteiger charge is 2.33. The lowest BCUT2D eigenvalue weighted by Crippen LogP contribution is -2.53. The molecular weight excluding hydrogens is 541 g/mol. The summed E-state index contributed by atoms with van der Waals surface area (Å²) < 4.78 is 41.7. The van der Waals surface area contributed by atoms with Gasteiger partial charge < -0.3 is 10.2 Å². The molecule has 0 bridgehead atoms. The van der Waals surface area contributed by atoms with E-state index in [4.69, 9.17) is 0 Å². The normalized spacial score (nSPS) is 12.4. The van der Waals surface area contributed by atoms with Gasteiger partial charge in [-0.1, -0.05) is 88.4 Å². The Balaban J connectivity index is 2.04. The summed E-state index contributed by atoms with van der Waals surface area (Å²) in [4.78, 5) is 28.8. The smallest absolute Gasteiger partial charge is 0.244 e. The van der Waals surface area contributed by atoms with Crippen molar-refractivity contribution >= 4 is 27.5 Å². The second-order valence-electron chi connectivity index (χ2n) is 11.2. The first-order chi connectivity index (χ1) is 19.3. The lowest BCUT2D eigenvalue weighted by atomic mass is 9.87. The number of hydrogen-bond acceptors (Lipinski definition) is 4. The minimum absolute atomic E-state index is 0.142. The number of sulfonamides is 1. The van der Waals surface area contributed by atoms with Crippen LogP contribution in [-0.2, 0) is 38.0 Å². The van der Waals surface area contributed by atoms with Crippen LogP contribution in [0.3, 0.4) is 0 Å². The second kappa shape index (κ2) is 13.8. The Morgan fingerprint density at radius 2 is 1.54 bits per heavy atom. The van der Waals surface area contributed by atoms with Crippen LogP contribution in [-0.4, -0.2) is 50.5 Å². The molecule has 0 aliphatic carbocycles. The summed E-state index contributed by atoms with van der Waals surface area (Å²) in [6.07, 6.45) is 1.90. The van der Waals surface area contributed by atoms with Crippen molar-refractivity contribution in [1.29, 1.82) is 0 Å². The van der Waals surface area contributed by atoms with Gasteiger partial charge >= 0.3 is 0 Å². The van der Waals surface area contributed by atoms with Crippen molar-refractivity contribution in [1.82, 2.24) is 10.2 Å². The third-order valence-corrected chi connectivity index (χ3v) is 7.96. The zero-order chi connectivity index (χ0) is 30.2. The standard InChI is InChI=1S/C32H40FN3O4S/c1-6-20-34-31(38)29(21-24-12-8-7-9-13-24)35(22-25-14-10-11-15-28(25)33)30(37)23-36(41(5,39)40)27-18-16-26(17-19-27)32(2,3)4/h7-19,29H,6,20-23H2,1-5H3,(H,34,38)/t29-/m1/s1. The third-order valence-electron chi connectivity index (χ3n) is 6.82. The van der Waals surface area contributed by atoms with Crippen molar-refractivity contribution in [3.63, 3.8) is 0 Å². The minimum atomic E-state index is -3.88. The third kappa shape index (κ3) is 8.88. The molecule has 3 rings (SSSR count). The highest BCUT2D eigenvalue weighted by atomic mass is 32.2. The Hall–Kier alpha value is -3.72. The summed E-state index contributed by atoms with van der Waals surface area (Å²) >= 11 is 0. The fourth-order valence-corrected chi connectivity index (χ4v) is 5.32. The summed E-state index contributed by atoms with van der Waals surface area (Å²) in [7, 11) is -3.88. The first-order valence-electron chi connectivity index (χ1n) is 13.7. The highest BCUT2D eigenvalue weighted by Crippen LogP contribution is 2.26. The van der Waals surface area contributed by atoms with E-state index in [1.807, 2.05) is 49.4 Å². The summed E-state index contributed by atoms with van der Waals surface area (Å²) in [6.45, 7) is 7.73. The molecule has 9 heteroatoms. The molecule has 0 fully saturated rings. The molecule has 3 aromatic rings. The molecular formula is C32H40FN3O4S. The van der Waals surface area contributed by atoms with Crippen molar-refractivity contribution in [2.45, 2.75) is 58.5 Å². The number of nitrogens with one attached hydrogen (secondary N) is 1. The lowest BCUT2D eigenvalue weighted by Gasteiger charge is -2.33. The summed E-state index contributed by atoms with van der Waals surface area (Å²) in [5, 5.41) is 2.87. The number of benzene rings is 3. The molecule has 0 heterocycles. The number of rotatable bonds is 12. The number of carbonyl (C=O) groups excluding carboxylic acids is 2. The quantitative estimate of drug-likeness (QED) is 0.324. The average Bonchev–Trinajstić information content (AvgIpc) is 2.92. The Bertz CT molecular complexity index is 1420. The van der Waals surface area contributed by atoms with E-state index >= 15 is 0 Å². The molecule has 0 unspecified atom stereocenters. The maximum Gasteiger partial charge on any atom is 0.244 e. The predicted octanol–water partition coefficient (Wildman–Crippen LogP) is 5.06. The van der Waals surface area contributed by atoms with Gasteiger partial charge in [-0.2, -0.15) is 0 Å². The van der Waals surface area contributed by atoms with Crippen LogP contribution in [0.5, 0.6) is 0 Å². The van der Waals surface area contributed by atoms with Gasteiger partial charge in [0.1, 0.15) is 18.4 Å². The fourth-order valence-electron chi connectivity index (χ4n) is 4.47. The second-order valence-corrected chi connectivity index (χ2v) is 13.1. The molecule has 1 atom stereocenters. The first kappa shape index (κ1) is 31.8. The molecule has 1 N–H and O–H groups in total. The Morgan fingerprint density at radius 1 is 0.927 bits per heavy atom. The van der Waals surface area contributed by atoms with Crippen LogP contribution in [0.2, 0.25) is 0 Å². The predicted molar refractivity (Wildman–Crippen MR) is 162 cm³/mol. The van der Waals surface area contributed by atoms with Crippen LogP contribution >= 0.6 is 0 Å². The van der Waals surface area contributed by atoms with E-state index < -0.39 is 34.3 Å². The van der Waals surface area contributed by atoms with E-state index in [9.17, 15) is 22.4 Å². The Kier molecular flexibility index (Phi) is 10.7. The molecule has 0 saturated heterocycles. The summed E-state index contributed by atoms with van der Waals surface area (Å²) in [6, 6.07) is 21.3. The summed E-state index contributed by atoms with van der Waals surface area (Å²) in [5.74, 6) is -1.53. The molecule has 0 radical (unpaired) electrons. The average molecular weight is 582 g/mol. The molecule has 220 valence electrons. The van der Waals surface area contributed by atoms with Crippen LogP contribution in [0.4, 0.5) is 10.1 Å². The van der Waals surface area contributed by atoms with Crippen molar-refractivity contribution in [3.05, 3.63) is 101 Å². The molecule has 0 aliphatic heterocycles. The zero-order valence-corrected chi connectivity index (χ0v) is 25.2. The largest absolute Gasteiger partial charge is 0.354 e. The molecule has 0 saturated carbocycles. The molecule has 2 amide bonds. The van der Waals surface area contributed by atoms with E-state index in [0.717, 1.165) is 21.7 Å². The van der Waals surface area contributed by atoms with E-state index in [1.54, 1.807) is 30.3 Å². The van der Waals surface area contributed by atoms with E-state index in [1.165, 1.54) is 11.0 Å². The van der Waals surface area contributed by atoms with Crippen LogP contribution in [0.25, 0.3) is 0 Å². The van der Waals surface area contributed by atoms with Crippen LogP contribution in [0.15, 0.2) is 78.9 Å². The molecule has 0 aliphatic rings. The van der Waals surface area contributed by atoms with Gasteiger partial charge in [-0.3, -0.25) is 13.9 Å². The molecule has 0 spiro atoms. The van der Waals surface area contributed by atoms with Gasteiger partial charge in [0.2, 0.25) is 21.8 Å². The van der Waals surface area contributed by atoms with Crippen molar-refractivity contribution in [2.75, 3.05) is 23.7 Å². The number of hydrogen-bond donors (Lipinski definition) is 1. The first-order valence-corrected chi connectivity index (χ1v) is 15.6. The number of anilines is 1. The van der Waals surface area contributed by atoms with Gasteiger partial charge in [0.15, 0.2) is 0 Å². The maximum atomic E-state index is 14.8. The number of nitrogens with zero attached hydrogens (tertiary/aromatic N) is 2. The number of amides is 2. The van der Waals surface area contributed by atoms with Gasteiger partial charge in [-0.25, -0.2) is 12.8 Å². The van der Waals surface area contributed by atoms with E-state index in [0.29, 0.717) is 18.7 Å².